The summed E-state index contributed by atoms with van der Waals surface area (Å²) in [5, 5.41) is 14.3. The number of carbonyl (C=O) groups excluding carboxylic acids is 3. The molecule has 0 aliphatic heterocycles. The molecule has 1 aliphatic rings. The molecular weight excluding hydrogens is 446 g/mol. The Bertz CT molecular complexity index is 1040. The molecular formula is C27H37N3O5. The van der Waals surface area contributed by atoms with Crippen LogP contribution in [0.25, 0.3) is 10.8 Å². The summed E-state index contributed by atoms with van der Waals surface area (Å²) in [5.74, 6) is -2.97. The van der Waals surface area contributed by atoms with Crippen molar-refractivity contribution in [1.29, 1.82) is 0 Å². The second-order valence-corrected chi connectivity index (χ2v) is 10.5. The molecule has 0 spiro atoms. The van der Waals surface area contributed by atoms with Crippen LogP contribution in [-0.2, 0) is 25.5 Å². The van der Waals surface area contributed by atoms with Crippen LogP contribution in [0.15, 0.2) is 42.5 Å². The van der Waals surface area contributed by atoms with Crippen LogP contribution >= 0.6 is 0 Å². The molecule has 1 fully saturated rings. The molecule has 0 aromatic heterocycles. The highest BCUT2D eigenvalue weighted by atomic mass is 16.5. The Morgan fingerprint density at radius 3 is 2.29 bits per heavy atom. The number of nitrogens with one attached hydrogen (secondary N) is 2. The van der Waals surface area contributed by atoms with Gasteiger partial charge in [-0.25, -0.2) is 5.48 Å². The topological polar surface area (TPSA) is 131 Å². The molecule has 1 saturated carbocycles. The van der Waals surface area contributed by atoms with Crippen LogP contribution in [0.5, 0.6) is 0 Å². The third kappa shape index (κ3) is 7.02. The predicted octanol–water partition coefficient (Wildman–Crippen LogP) is 3.24. The van der Waals surface area contributed by atoms with E-state index in [1.54, 1.807) is 26.3 Å². The number of primary amides is 1. The Labute approximate surface area is 206 Å². The van der Waals surface area contributed by atoms with Crippen LogP contribution in [-0.4, -0.2) is 41.2 Å². The molecule has 0 bridgehead atoms. The minimum absolute atomic E-state index is 0.178. The third-order valence-electron chi connectivity index (χ3n) is 6.67. The SMILES string of the molecule is CC(C)(C)C(NC(=O)C(Cc1ccc2ccccc2c1)C(OC1CCCCC1)C(=O)NO)C(N)=O. The summed E-state index contributed by atoms with van der Waals surface area (Å²) >= 11 is 0. The van der Waals surface area contributed by atoms with E-state index in [0.29, 0.717) is 0 Å². The molecule has 3 rings (SSSR count). The highest BCUT2D eigenvalue weighted by Gasteiger charge is 2.40. The van der Waals surface area contributed by atoms with Crippen molar-refractivity contribution in [2.24, 2.45) is 17.1 Å². The maximum Gasteiger partial charge on any atom is 0.273 e. The van der Waals surface area contributed by atoms with Gasteiger partial charge in [-0.3, -0.25) is 19.6 Å². The summed E-state index contributed by atoms with van der Waals surface area (Å²) < 4.78 is 6.17. The summed E-state index contributed by atoms with van der Waals surface area (Å²) in [6, 6.07) is 12.8. The quantitative estimate of drug-likeness (QED) is 0.321. The molecule has 190 valence electrons. The van der Waals surface area contributed by atoms with Crippen molar-refractivity contribution in [2.45, 2.75) is 77.5 Å². The first-order valence-electron chi connectivity index (χ1n) is 12.3. The number of fused-ring (bicyclic) bond motifs is 1. The van der Waals surface area contributed by atoms with Gasteiger partial charge in [0, 0.05) is 0 Å². The lowest BCUT2D eigenvalue weighted by Crippen LogP contribution is -2.56. The first-order chi connectivity index (χ1) is 16.6. The largest absolute Gasteiger partial charge is 0.368 e. The summed E-state index contributed by atoms with van der Waals surface area (Å²) in [4.78, 5) is 38.6. The van der Waals surface area contributed by atoms with E-state index in [-0.39, 0.29) is 12.5 Å². The van der Waals surface area contributed by atoms with Gasteiger partial charge in [0.15, 0.2) is 6.10 Å². The number of hydroxylamine groups is 1. The lowest BCUT2D eigenvalue weighted by molar-refractivity contribution is -0.157. The van der Waals surface area contributed by atoms with Crippen molar-refractivity contribution in [3.8, 4) is 0 Å². The van der Waals surface area contributed by atoms with E-state index < -0.39 is 41.2 Å². The van der Waals surface area contributed by atoms with Crippen LogP contribution in [0.2, 0.25) is 0 Å². The number of benzene rings is 2. The minimum atomic E-state index is -1.23. The van der Waals surface area contributed by atoms with E-state index in [9.17, 15) is 19.6 Å². The molecule has 2 aromatic carbocycles. The van der Waals surface area contributed by atoms with E-state index in [4.69, 9.17) is 10.5 Å². The zero-order valence-corrected chi connectivity index (χ0v) is 20.8. The normalized spacial score (nSPS) is 17.4. The van der Waals surface area contributed by atoms with E-state index in [1.807, 2.05) is 42.5 Å². The summed E-state index contributed by atoms with van der Waals surface area (Å²) in [6.07, 6.45) is 3.38. The standard InChI is InChI=1S/C27H37N3O5/c1-27(2,3)23(24(28)31)29-25(32)21(16-17-13-14-18-9-7-8-10-19(18)15-17)22(26(33)30-34)35-20-11-5-4-6-12-20/h7-10,13-15,20-23,34H,4-6,11-12,16H2,1-3H3,(H2,28,31)(H,29,32)(H,30,33). The van der Waals surface area contributed by atoms with Gasteiger partial charge in [-0.15, -0.1) is 0 Å². The summed E-state index contributed by atoms with van der Waals surface area (Å²) in [7, 11) is 0. The number of ether oxygens (including phenoxy) is 1. The second-order valence-electron chi connectivity index (χ2n) is 10.5. The molecule has 8 nitrogen and oxygen atoms in total. The molecule has 2 aromatic rings. The van der Waals surface area contributed by atoms with Crippen molar-refractivity contribution in [1.82, 2.24) is 10.8 Å². The van der Waals surface area contributed by atoms with Gasteiger partial charge in [0.05, 0.1) is 12.0 Å². The van der Waals surface area contributed by atoms with Gasteiger partial charge in [-0.05, 0) is 41.0 Å². The molecule has 3 unspecified atom stereocenters. The second kappa shape index (κ2) is 11.6. The van der Waals surface area contributed by atoms with Crippen molar-refractivity contribution in [3.05, 3.63) is 48.0 Å². The van der Waals surface area contributed by atoms with Crippen LogP contribution in [0.3, 0.4) is 0 Å². The van der Waals surface area contributed by atoms with E-state index >= 15 is 0 Å². The fourth-order valence-corrected chi connectivity index (χ4v) is 4.73. The van der Waals surface area contributed by atoms with E-state index in [2.05, 4.69) is 5.32 Å². The smallest absolute Gasteiger partial charge is 0.273 e. The molecule has 5 N–H and O–H groups in total. The number of hydrogen-bond acceptors (Lipinski definition) is 5. The average molecular weight is 484 g/mol. The first kappa shape index (κ1) is 26.6. The van der Waals surface area contributed by atoms with Gasteiger partial charge in [0.2, 0.25) is 11.8 Å². The van der Waals surface area contributed by atoms with Gasteiger partial charge >= 0.3 is 0 Å². The van der Waals surface area contributed by atoms with Crippen LogP contribution < -0.4 is 16.5 Å². The zero-order chi connectivity index (χ0) is 25.6. The van der Waals surface area contributed by atoms with Crippen molar-refractivity contribution >= 4 is 28.5 Å². The monoisotopic (exact) mass is 483 g/mol. The van der Waals surface area contributed by atoms with E-state index in [0.717, 1.165) is 48.4 Å². The number of hydrogen-bond donors (Lipinski definition) is 4. The number of rotatable bonds is 9. The van der Waals surface area contributed by atoms with Gasteiger partial charge in [-0.1, -0.05) is 82.5 Å². The van der Waals surface area contributed by atoms with Gasteiger partial charge in [-0.2, -0.15) is 0 Å². The van der Waals surface area contributed by atoms with Gasteiger partial charge in [0.1, 0.15) is 6.04 Å². The molecule has 0 heterocycles. The lowest BCUT2D eigenvalue weighted by atomic mass is 9.84. The maximum absolute atomic E-state index is 13.6. The van der Waals surface area contributed by atoms with Crippen molar-refractivity contribution in [3.63, 3.8) is 0 Å². The van der Waals surface area contributed by atoms with Crippen molar-refractivity contribution < 1.29 is 24.3 Å². The number of amides is 3. The molecule has 35 heavy (non-hydrogen) atoms. The Morgan fingerprint density at radius 1 is 1.03 bits per heavy atom. The highest BCUT2D eigenvalue weighted by molar-refractivity contribution is 5.92. The minimum Gasteiger partial charge on any atom is -0.368 e. The lowest BCUT2D eigenvalue weighted by Gasteiger charge is -2.34. The molecule has 3 atom stereocenters. The van der Waals surface area contributed by atoms with Gasteiger partial charge < -0.3 is 15.8 Å². The Morgan fingerprint density at radius 2 is 1.69 bits per heavy atom. The molecule has 0 saturated heterocycles. The highest BCUT2D eigenvalue weighted by Crippen LogP contribution is 2.27. The molecule has 3 amide bonds. The molecule has 8 heteroatoms. The summed E-state index contributed by atoms with van der Waals surface area (Å²) in [5.41, 5.74) is 7.47. The van der Waals surface area contributed by atoms with Crippen LogP contribution in [0.1, 0.15) is 58.4 Å². The molecule has 0 radical (unpaired) electrons. The van der Waals surface area contributed by atoms with Gasteiger partial charge in [0.25, 0.3) is 5.91 Å². The number of carbonyl (C=O) groups is 3. The third-order valence-corrected chi connectivity index (χ3v) is 6.67. The number of nitrogens with two attached hydrogens (primary N) is 1. The van der Waals surface area contributed by atoms with Crippen LogP contribution in [0.4, 0.5) is 0 Å². The fourth-order valence-electron chi connectivity index (χ4n) is 4.73. The van der Waals surface area contributed by atoms with Crippen molar-refractivity contribution in [2.75, 3.05) is 0 Å². The Hall–Kier alpha value is -2.97. The fraction of sp³-hybridized carbons (Fsp3) is 0.519. The Balaban J connectivity index is 1.96. The first-order valence-corrected chi connectivity index (χ1v) is 12.3. The average Bonchev–Trinajstić information content (AvgIpc) is 2.83. The Kier molecular flexibility index (Phi) is 8.86. The maximum atomic E-state index is 13.6. The predicted molar refractivity (Wildman–Crippen MR) is 133 cm³/mol. The molecule has 1 aliphatic carbocycles. The van der Waals surface area contributed by atoms with E-state index in [1.165, 1.54) is 0 Å². The summed E-state index contributed by atoms with van der Waals surface area (Å²) in [6.45, 7) is 5.41. The van der Waals surface area contributed by atoms with Crippen LogP contribution in [0, 0.1) is 11.3 Å². The zero-order valence-electron chi connectivity index (χ0n) is 20.8.